The molecule has 0 aromatic rings. The van der Waals surface area contributed by atoms with Crippen LogP contribution >= 0.6 is 0 Å². The maximum absolute atomic E-state index is 7.29. The zero-order valence-electron chi connectivity index (χ0n) is 15.9. The zero-order valence-corrected chi connectivity index (χ0v) is 20.1. The average molecular weight is 420 g/mol. The second-order valence-corrected chi connectivity index (χ2v) is 27.4. The van der Waals surface area contributed by atoms with Crippen molar-refractivity contribution in [3.8, 4) is 0 Å². The zero-order chi connectivity index (χ0) is 16.2. The summed E-state index contributed by atoms with van der Waals surface area (Å²) in [5, 5.41) is 8.51. The molecule has 128 valence electrons. The minimum atomic E-state index is -2.04. The summed E-state index contributed by atoms with van der Waals surface area (Å²) in [6, 6.07) is 0. The Morgan fingerprint density at radius 1 is 0.524 bits per heavy atom. The van der Waals surface area contributed by atoms with Gasteiger partial charge in [0, 0.05) is 0 Å². The van der Waals surface area contributed by atoms with Gasteiger partial charge in [-0.3, -0.25) is 0 Å². The molecule has 0 bridgehead atoms. The fourth-order valence-corrected chi connectivity index (χ4v) is 34.5. The van der Waals surface area contributed by atoms with Crippen LogP contribution in [0.5, 0.6) is 0 Å². The van der Waals surface area contributed by atoms with Crippen molar-refractivity contribution >= 4 is 27.2 Å². The van der Waals surface area contributed by atoms with E-state index >= 15 is 0 Å². The first-order valence-corrected chi connectivity index (χ1v) is 20.4. The van der Waals surface area contributed by atoms with Gasteiger partial charge in [-0.25, -0.2) is 0 Å². The average Bonchev–Trinajstić information content (AvgIpc) is 2.53. The van der Waals surface area contributed by atoms with Crippen molar-refractivity contribution in [3.63, 3.8) is 0 Å². The van der Waals surface area contributed by atoms with E-state index < -0.39 is 27.2 Å². The fraction of sp³-hybridized carbons (Fsp3) is 1.00. The third kappa shape index (κ3) is 7.92. The van der Waals surface area contributed by atoms with E-state index in [-0.39, 0.29) is 0 Å². The van der Waals surface area contributed by atoms with E-state index in [9.17, 15) is 0 Å². The standard InChI is InChI=1S/C18H42Ge2O/c1-7-13-15-17-20(12-6,18-16-14-8-2)21-19(9-3,10-4)11-5/h7-18H2,1-6H3. The first kappa shape index (κ1) is 22.0. The molecule has 0 aromatic heterocycles. The SMILES string of the molecule is CCCC[CH2][Ge]([CH2]C)([CH2]CCCC)[O][Ge]([CH2]C)([CH2]C)[CH2]C. The molecule has 0 spiro atoms. The summed E-state index contributed by atoms with van der Waals surface area (Å²) in [4.78, 5) is 0. The molecule has 0 fully saturated rings. The van der Waals surface area contributed by atoms with Gasteiger partial charge in [-0.2, -0.15) is 0 Å². The van der Waals surface area contributed by atoms with Crippen molar-refractivity contribution in [1.82, 2.24) is 0 Å². The molecule has 0 aliphatic heterocycles. The summed E-state index contributed by atoms with van der Waals surface area (Å²) >= 11 is -4.02. The molecule has 0 atom stereocenters. The molecule has 0 amide bonds. The molecule has 0 aliphatic carbocycles. The van der Waals surface area contributed by atoms with Gasteiger partial charge in [0.2, 0.25) is 0 Å². The Morgan fingerprint density at radius 3 is 1.19 bits per heavy atom. The van der Waals surface area contributed by atoms with E-state index in [2.05, 4.69) is 41.5 Å². The van der Waals surface area contributed by atoms with Crippen molar-refractivity contribution in [1.29, 1.82) is 0 Å². The predicted molar refractivity (Wildman–Crippen MR) is 103 cm³/mol. The van der Waals surface area contributed by atoms with E-state index in [4.69, 9.17) is 2.79 Å². The second kappa shape index (κ2) is 12.5. The summed E-state index contributed by atoms with van der Waals surface area (Å²) in [7, 11) is 0. The Morgan fingerprint density at radius 2 is 0.905 bits per heavy atom. The first-order chi connectivity index (χ1) is 10.1. The molecule has 1 nitrogen and oxygen atoms in total. The molecule has 0 saturated carbocycles. The van der Waals surface area contributed by atoms with Gasteiger partial charge in [-0.1, -0.05) is 0 Å². The van der Waals surface area contributed by atoms with Crippen LogP contribution in [0.15, 0.2) is 0 Å². The van der Waals surface area contributed by atoms with Gasteiger partial charge >= 0.3 is 142 Å². The van der Waals surface area contributed by atoms with E-state index in [1.54, 1.807) is 0 Å². The molecule has 0 saturated heterocycles. The van der Waals surface area contributed by atoms with Gasteiger partial charge in [0.25, 0.3) is 0 Å². The topological polar surface area (TPSA) is 9.23 Å². The number of hydrogen-bond donors (Lipinski definition) is 0. The van der Waals surface area contributed by atoms with E-state index in [1.807, 2.05) is 0 Å². The molecule has 3 heteroatoms. The molecule has 0 heterocycles. The molecular weight excluding hydrogens is 377 g/mol. The van der Waals surface area contributed by atoms with Gasteiger partial charge in [0.1, 0.15) is 0 Å². The van der Waals surface area contributed by atoms with Crippen LogP contribution < -0.4 is 0 Å². The fourth-order valence-electron chi connectivity index (χ4n) is 3.47. The molecule has 0 unspecified atom stereocenters. The maximum atomic E-state index is 7.29. The van der Waals surface area contributed by atoms with Crippen molar-refractivity contribution in [3.05, 3.63) is 0 Å². The van der Waals surface area contributed by atoms with Crippen molar-refractivity contribution in [2.24, 2.45) is 0 Å². The molecular formula is C18H42Ge2O. The van der Waals surface area contributed by atoms with Crippen molar-refractivity contribution in [2.45, 2.75) is 112 Å². The molecule has 0 N–H and O–H groups in total. The Labute approximate surface area is 141 Å². The molecule has 0 aromatic carbocycles. The van der Waals surface area contributed by atoms with Crippen molar-refractivity contribution in [2.75, 3.05) is 0 Å². The van der Waals surface area contributed by atoms with Crippen LogP contribution in [0.25, 0.3) is 0 Å². The Kier molecular flexibility index (Phi) is 13.1. The van der Waals surface area contributed by atoms with Gasteiger partial charge in [-0.05, 0) is 0 Å². The predicted octanol–water partition coefficient (Wildman–Crippen LogP) is 7.35. The quantitative estimate of drug-likeness (QED) is 0.211. The van der Waals surface area contributed by atoms with Crippen LogP contribution in [-0.4, -0.2) is 27.2 Å². The Hall–Kier alpha value is 1.05. The van der Waals surface area contributed by atoms with Gasteiger partial charge < -0.3 is 0 Å². The Bertz CT molecular complexity index is 221. The normalized spacial score (nSPS) is 12.9. The summed E-state index contributed by atoms with van der Waals surface area (Å²) in [5.74, 6) is 0. The molecule has 0 radical (unpaired) electrons. The van der Waals surface area contributed by atoms with Crippen LogP contribution in [0.4, 0.5) is 0 Å². The van der Waals surface area contributed by atoms with E-state index in [0.717, 1.165) is 0 Å². The van der Waals surface area contributed by atoms with Gasteiger partial charge in [0.15, 0.2) is 0 Å². The van der Waals surface area contributed by atoms with E-state index in [1.165, 1.54) is 70.0 Å². The second-order valence-electron chi connectivity index (χ2n) is 6.80. The van der Waals surface area contributed by atoms with Crippen LogP contribution in [0, 0.1) is 0 Å². The number of hydrogen-bond acceptors (Lipinski definition) is 1. The first-order valence-electron chi connectivity index (χ1n) is 9.77. The molecule has 0 rings (SSSR count). The Balaban J connectivity index is 4.95. The summed E-state index contributed by atoms with van der Waals surface area (Å²) in [6.45, 7) is 14.3. The minimum absolute atomic E-state index is 1.35. The van der Waals surface area contributed by atoms with Crippen LogP contribution in [0.3, 0.4) is 0 Å². The number of rotatable bonds is 14. The van der Waals surface area contributed by atoms with Gasteiger partial charge in [0.05, 0.1) is 0 Å². The third-order valence-electron chi connectivity index (χ3n) is 5.48. The molecule has 21 heavy (non-hydrogen) atoms. The third-order valence-corrected chi connectivity index (χ3v) is 32.9. The van der Waals surface area contributed by atoms with Crippen LogP contribution in [0.1, 0.15) is 80.1 Å². The van der Waals surface area contributed by atoms with Crippen molar-refractivity contribution < 1.29 is 2.79 Å². The number of unbranched alkanes of at least 4 members (excludes halogenated alkanes) is 4. The van der Waals surface area contributed by atoms with Gasteiger partial charge in [-0.15, -0.1) is 0 Å². The van der Waals surface area contributed by atoms with Crippen LogP contribution in [0.2, 0.25) is 31.5 Å². The van der Waals surface area contributed by atoms with Crippen LogP contribution in [-0.2, 0) is 2.79 Å². The van der Waals surface area contributed by atoms with E-state index in [0.29, 0.717) is 0 Å². The summed E-state index contributed by atoms with van der Waals surface area (Å²) in [5.41, 5.74) is 0. The summed E-state index contributed by atoms with van der Waals surface area (Å²) < 4.78 is 7.29. The summed E-state index contributed by atoms with van der Waals surface area (Å²) in [6.07, 6.45) is 8.39. The monoisotopic (exact) mass is 422 g/mol. The molecule has 0 aliphatic rings.